The molecule has 0 saturated heterocycles. The Bertz CT molecular complexity index is 490. The standard InChI is InChI=1S/C13H15NOS/c1-3-12-13(14-9(2)16-12)11-7-5-4-6-10(11)8-15/h4-7,15H,3,8H2,1-2H3. The molecule has 0 amide bonds. The van der Waals surface area contributed by atoms with E-state index in [4.69, 9.17) is 0 Å². The fourth-order valence-electron chi connectivity index (χ4n) is 1.81. The van der Waals surface area contributed by atoms with Crippen molar-refractivity contribution >= 4 is 11.3 Å². The largest absolute Gasteiger partial charge is 0.392 e. The fourth-order valence-corrected chi connectivity index (χ4v) is 2.70. The van der Waals surface area contributed by atoms with Gasteiger partial charge in [-0.15, -0.1) is 11.3 Å². The molecule has 1 aromatic carbocycles. The Hall–Kier alpha value is -1.19. The third kappa shape index (κ3) is 2.01. The summed E-state index contributed by atoms with van der Waals surface area (Å²) in [7, 11) is 0. The average molecular weight is 233 g/mol. The van der Waals surface area contributed by atoms with Crippen molar-refractivity contribution in [1.29, 1.82) is 0 Å². The molecule has 0 aliphatic carbocycles. The summed E-state index contributed by atoms with van der Waals surface area (Å²) in [5.41, 5.74) is 3.04. The maximum atomic E-state index is 9.33. The average Bonchev–Trinajstić information content (AvgIpc) is 2.70. The van der Waals surface area contributed by atoms with Crippen molar-refractivity contribution in [1.82, 2.24) is 4.98 Å². The molecule has 3 heteroatoms. The van der Waals surface area contributed by atoms with Crippen LogP contribution in [0.25, 0.3) is 11.3 Å². The Morgan fingerprint density at radius 2 is 2.06 bits per heavy atom. The molecule has 0 aliphatic heterocycles. The lowest BCUT2D eigenvalue weighted by Gasteiger charge is -2.05. The van der Waals surface area contributed by atoms with Crippen LogP contribution in [0.4, 0.5) is 0 Å². The summed E-state index contributed by atoms with van der Waals surface area (Å²) < 4.78 is 0. The van der Waals surface area contributed by atoms with Gasteiger partial charge < -0.3 is 5.11 Å². The summed E-state index contributed by atoms with van der Waals surface area (Å²) in [6.45, 7) is 4.22. The first-order valence-corrected chi connectivity index (χ1v) is 6.23. The first-order chi connectivity index (χ1) is 7.76. The lowest BCUT2D eigenvalue weighted by atomic mass is 10.0. The lowest BCUT2D eigenvalue weighted by Crippen LogP contribution is -1.91. The highest BCUT2D eigenvalue weighted by Gasteiger charge is 2.12. The van der Waals surface area contributed by atoms with Crippen LogP contribution in [0.3, 0.4) is 0 Å². The molecule has 1 aromatic heterocycles. The monoisotopic (exact) mass is 233 g/mol. The SMILES string of the molecule is CCc1sc(C)nc1-c1ccccc1CO. The number of hydrogen-bond acceptors (Lipinski definition) is 3. The van der Waals surface area contributed by atoms with E-state index in [-0.39, 0.29) is 6.61 Å². The maximum absolute atomic E-state index is 9.33. The van der Waals surface area contributed by atoms with Crippen molar-refractivity contribution in [3.63, 3.8) is 0 Å². The maximum Gasteiger partial charge on any atom is 0.0904 e. The van der Waals surface area contributed by atoms with Crippen LogP contribution < -0.4 is 0 Å². The molecule has 0 aliphatic rings. The molecule has 0 fully saturated rings. The molecule has 0 bridgehead atoms. The van der Waals surface area contributed by atoms with Gasteiger partial charge in [0.1, 0.15) is 0 Å². The van der Waals surface area contributed by atoms with E-state index >= 15 is 0 Å². The van der Waals surface area contributed by atoms with Crippen molar-refractivity contribution in [2.45, 2.75) is 26.9 Å². The molecule has 2 rings (SSSR count). The van der Waals surface area contributed by atoms with Crippen molar-refractivity contribution in [3.05, 3.63) is 39.7 Å². The van der Waals surface area contributed by atoms with Crippen LogP contribution in [0.15, 0.2) is 24.3 Å². The lowest BCUT2D eigenvalue weighted by molar-refractivity contribution is 0.282. The Balaban J connectivity index is 2.57. The number of rotatable bonds is 3. The minimum atomic E-state index is 0.0654. The second-order valence-corrected chi connectivity index (χ2v) is 4.96. The van der Waals surface area contributed by atoms with Crippen LogP contribution in [0.2, 0.25) is 0 Å². The van der Waals surface area contributed by atoms with Crippen molar-refractivity contribution < 1.29 is 5.11 Å². The van der Waals surface area contributed by atoms with Gasteiger partial charge in [0.25, 0.3) is 0 Å². The van der Waals surface area contributed by atoms with Crippen LogP contribution in [-0.2, 0) is 13.0 Å². The summed E-state index contributed by atoms with van der Waals surface area (Å²) >= 11 is 1.74. The second-order valence-electron chi connectivity index (χ2n) is 3.67. The number of thiazole rings is 1. The predicted molar refractivity (Wildman–Crippen MR) is 67.6 cm³/mol. The van der Waals surface area contributed by atoms with Gasteiger partial charge in [0.05, 0.1) is 17.3 Å². The topological polar surface area (TPSA) is 33.1 Å². The van der Waals surface area contributed by atoms with Crippen LogP contribution >= 0.6 is 11.3 Å². The molecule has 0 atom stereocenters. The van der Waals surface area contributed by atoms with Gasteiger partial charge in [-0.1, -0.05) is 31.2 Å². The van der Waals surface area contributed by atoms with E-state index in [9.17, 15) is 5.11 Å². The number of aliphatic hydroxyl groups is 1. The number of nitrogens with zero attached hydrogens (tertiary/aromatic N) is 1. The molecule has 0 saturated carbocycles. The minimum absolute atomic E-state index is 0.0654. The third-order valence-corrected chi connectivity index (χ3v) is 3.68. The molecular formula is C13H15NOS. The van der Waals surface area contributed by atoms with Gasteiger partial charge in [-0.25, -0.2) is 4.98 Å². The molecule has 0 radical (unpaired) electrons. The summed E-state index contributed by atoms with van der Waals surface area (Å²) in [5.74, 6) is 0. The number of aromatic nitrogens is 1. The Labute approximate surface area is 99.6 Å². The van der Waals surface area contributed by atoms with Gasteiger partial charge in [-0.2, -0.15) is 0 Å². The molecule has 1 N–H and O–H groups in total. The number of aryl methyl sites for hydroxylation is 2. The van der Waals surface area contributed by atoms with E-state index in [1.54, 1.807) is 11.3 Å². The molecular weight excluding hydrogens is 218 g/mol. The quantitative estimate of drug-likeness (QED) is 0.883. The van der Waals surface area contributed by atoms with Gasteiger partial charge >= 0.3 is 0 Å². The van der Waals surface area contributed by atoms with E-state index in [1.807, 2.05) is 31.2 Å². The van der Waals surface area contributed by atoms with Gasteiger partial charge in [-0.3, -0.25) is 0 Å². The van der Waals surface area contributed by atoms with Gasteiger partial charge in [0, 0.05) is 10.4 Å². The van der Waals surface area contributed by atoms with Crippen LogP contribution in [-0.4, -0.2) is 10.1 Å². The fraction of sp³-hybridized carbons (Fsp3) is 0.308. The second kappa shape index (κ2) is 4.76. The summed E-state index contributed by atoms with van der Waals surface area (Å²) in [6.07, 6.45) is 0.987. The third-order valence-electron chi connectivity index (χ3n) is 2.57. The predicted octanol–water partition coefficient (Wildman–Crippen LogP) is 3.17. The number of aliphatic hydroxyl groups excluding tert-OH is 1. The Morgan fingerprint density at radius 1 is 1.31 bits per heavy atom. The Morgan fingerprint density at radius 3 is 2.75 bits per heavy atom. The summed E-state index contributed by atoms with van der Waals surface area (Å²) in [6, 6.07) is 7.91. The van der Waals surface area contributed by atoms with Crippen molar-refractivity contribution in [2.75, 3.05) is 0 Å². The first kappa shape index (κ1) is 11.3. The molecule has 2 aromatic rings. The van der Waals surface area contributed by atoms with Crippen LogP contribution in [0, 0.1) is 6.92 Å². The van der Waals surface area contributed by atoms with Crippen molar-refractivity contribution in [3.8, 4) is 11.3 Å². The highest BCUT2D eigenvalue weighted by molar-refractivity contribution is 7.12. The Kier molecular flexibility index (Phi) is 3.36. The van der Waals surface area contributed by atoms with Gasteiger partial charge in [-0.05, 0) is 18.9 Å². The van der Waals surface area contributed by atoms with Gasteiger partial charge in [0.2, 0.25) is 0 Å². The minimum Gasteiger partial charge on any atom is -0.392 e. The molecule has 16 heavy (non-hydrogen) atoms. The zero-order chi connectivity index (χ0) is 11.5. The van der Waals surface area contributed by atoms with Gasteiger partial charge in [0.15, 0.2) is 0 Å². The normalized spacial score (nSPS) is 10.7. The highest BCUT2D eigenvalue weighted by Crippen LogP contribution is 2.30. The van der Waals surface area contributed by atoms with Crippen LogP contribution in [0.1, 0.15) is 22.4 Å². The smallest absolute Gasteiger partial charge is 0.0904 e. The number of benzene rings is 1. The van der Waals surface area contributed by atoms with E-state index in [2.05, 4.69) is 11.9 Å². The number of hydrogen-bond donors (Lipinski definition) is 1. The van der Waals surface area contributed by atoms with E-state index in [1.165, 1.54) is 4.88 Å². The van der Waals surface area contributed by atoms with E-state index < -0.39 is 0 Å². The highest BCUT2D eigenvalue weighted by atomic mass is 32.1. The summed E-state index contributed by atoms with van der Waals surface area (Å²) in [5, 5.41) is 10.4. The molecule has 84 valence electrons. The van der Waals surface area contributed by atoms with Crippen molar-refractivity contribution in [2.24, 2.45) is 0 Å². The van der Waals surface area contributed by atoms with Crippen LogP contribution in [0.5, 0.6) is 0 Å². The van der Waals surface area contributed by atoms with E-state index in [0.29, 0.717) is 0 Å². The first-order valence-electron chi connectivity index (χ1n) is 5.41. The zero-order valence-corrected chi connectivity index (χ0v) is 10.3. The zero-order valence-electron chi connectivity index (χ0n) is 9.53. The molecule has 0 unspecified atom stereocenters. The molecule has 1 heterocycles. The molecule has 0 spiro atoms. The summed E-state index contributed by atoms with van der Waals surface area (Å²) in [4.78, 5) is 5.86. The molecule has 2 nitrogen and oxygen atoms in total. The van der Waals surface area contributed by atoms with E-state index in [0.717, 1.165) is 28.2 Å².